The molecule has 4 N–H and O–H groups in total. The summed E-state index contributed by atoms with van der Waals surface area (Å²) in [4.78, 5) is 26.4. The second-order valence-electron chi connectivity index (χ2n) is 6.47. The lowest BCUT2D eigenvalue weighted by atomic mass is 9.82. The lowest BCUT2D eigenvalue weighted by Gasteiger charge is -2.51. The second-order valence-corrected chi connectivity index (χ2v) is 7.45. The number of rotatable bonds is 2. The summed E-state index contributed by atoms with van der Waals surface area (Å²) in [7, 11) is 0. The fourth-order valence-electron chi connectivity index (χ4n) is 3.72. The molecule has 2 amide bonds. The van der Waals surface area contributed by atoms with Crippen molar-refractivity contribution in [3.63, 3.8) is 0 Å². The van der Waals surface area contributed by atoms with Crippen molar-refractivity contribution in [2.45, 2.75) is 44.1 Å². The summed E-state index contributed by atoms with van der Waals surface area (Å²) in [6.07, 6.45) is 7.02. The summed E-state index contributed by atoms with van der Waals surface area (Å²) < 4.78 is 0. The molecule has 1 aromatic heterocycles. The summed E-state index contributed by atoms with van der Waals surface area (Å²) in [5.41, 5.74) is 3.05. The molecule has 0 radical (unpaired) electrons. The molecule has 1 aliphatic carbocycles. The van der Waals surface area contributed by atoms with Crippen molar-refractivity contribution in [1.29, 1.82) is 0 Å². The number of thiophene rings is 1. The number of carbonyl (C=O) groups excluding carboxylic acids is 2. The van der Waals surface area contributed by atoms with Crippen LogP contribution in [-0.4, -0.2) is 40.2 Å². The third-order valence-electron chi connectivity index (χ3n) is 4.99. The highest BCUT2D eigenvalue weighted by Gasteiger charge is 2.49. The van der Waals surface area contributed by atoms with E-state index >= 15 is 0 Å². The number of nitrogens with zero attached hydrogens (tertiary/aromatic N) is 2. The van der Waals surface area contributed by atoms with Crippen LogP contribution in [0.15, 0.2) is 23.6 Å². The van der Waals surface area contributed by atoms with Crippen LogP contribution in [0, 0.1) is 5.92 Å². The van der Waals surface area contributed by atoms with Crippen molar-refractivity contribution in [3.8, 4) is 0 Å². The summed E-state index contributed by atoms with van der Waals surface area (Å²) in [5.74, 6) is 5.75. The number of hydrogen-bond acceptors (Lipinski definition) is 6. The monoisotopic (exact) mass is 347 g/mol. The minimum Gasteiger partial charge on any atom is -0.274 e. The molecule has 1 saturated carbocycles. The van der Waals surface area contributed by atoms with Crippen molar-refractivity contribution in [2.24, 2.45) is 11.8 Å². The van der Waals surface area contributed by atoms with Gasteiger partial charge >= 0.3 is 0 Å². The maximum absolute atomic E-state index is 12.8. The Morgan fingerprint density at radius 2 is 2.08 bits per heavy atom. The quantitative estimate of drug-likeness (QED) is 0.539. The zero-order valence-electron chi connectivity index (χ0n) is 13.2. The first-order valence-corrected chi connectivity index (χ1v) is 9.18. The molecular weight excluding hydrogens is 326 g/mol. The number of carbonyl (C=O) groups is 2. The van der Waals surface area contributed by atoms with Gasteiger partial charge in [-0.2, -0.15) is 0 Å². The van der Waals surface area contributed by atoms with Gasteiger partial charge in [-0.15, -0.1) is 11.3 Å². The van der Waals surface area contributed by atoms with E-state index in [4.69, 9.17) is 5.84 Å². The molecule has 0 aromatic carbocycles. The smallest absolute Gasteiger partial charge is 0.262 e. The van der Waals surface area contributed by atoms with E-state index in [1.165, 1.54) is 5.01 Å². The van der Waals surface area contributed by atoms with Crippen LogP contribution >= 0.6 is 11.3 Å². The molecule has 0 bridgehead atoms. The van der Waals surface area contributed by atoms with Crippen LogP contribution in [0.2, 0.25) is 0 Å². The Morgan fingerprint density at radius 1 is 1.25 bits per heavy atom. The van der Waals surface area contributed by atoms with E-state index in [0.717, 1.165) is 35.6 Å². The van der Waals surface area contributed by atoms with Gasteiger partial charge in [-0.05, 0) is 30.4 Å². The first-order chi connectivity index (χ1) is 11.6. The van der Waals surface area contributed by atoms with Crippen LogP contribution in [0.3, 0.4) is 0 Å². The first-order valence-electron chi connectivity index (χ1n) is 8.30. The zero-order chi connectivity index (χ0) is 16.7. The summed E-state index contributed by atoms with van der Waals surface area (Å²) in [6, 6.07) is 3.38. The van der Waals surface area contributed by atoms with Gasteiger partial charge in [0, 0.05) is 10.9 Å². The van der Waals surface area contributed by atoms with E-state index in [-0.39, 0.29) is 23.8 Å². The molecule has 1 aromatic rings. The molecular formula is C16H21N5O2S. The molecule has 8 heteroatoms. The van der Waals surface area contributed by atoms with Crippen molar-refractivity contribution >= 4 is 29.2 Å². The minimum absolute atomic E-state index is 0.0286. The molecule has 3 fully saturated rings. The third-order valence-corrected chi connectivity index (χ3v) is 5.82. The minimum atomic E-state index is -0.640. The topological polar surface area (TPSA) is 90.7 Å². The third kappa shape index (κ3) is 2.65. The Labute approximate surface area is 144 Å². The Hall–Kier alpha value is -1.74. The van der Waals surface area contributed by atoms with E-state index < -0.39 is 12.3 Å². The first kappa shape index (κ1) is 15.8. The molecule has 4 unspecified atom stereocenters. The molecule has 3 aliphatic rings. The van der Waals surface area contributed by atoms with Gasteiger partial charge in [0.05, 0.1) is 5.92 Å². The molecule has 7 nitrogen and oxygen atoms in total. The molecule has 3 heterocycles. The van der Waals surface area contributed by atoms with Crippen molar-refractivity contribution in [1.82, 2.24) is 20.8 Å². The van der Waals surface area contributed by atoms with Crippen LogP contribution in [0.1, 0.15) is 30.6 Å². The highest BCUT2D eigenvalue weighted by molar-refractivity contribution is 7.10. The Balaban J connectivity index is 1.55. The second kappa shape index (κ2) is 6.29. The average Bonchev–Trinajstić information content (AvgIpc) is 3.11. The average molecular weight is 347 g/mol. The summed E-state index contributed by atoms with van der Waals surface area (Å²) in [6.45, 7) is 0. The van der Waals surface area contributed by atoms with Crippen LogP contribution in [-0.2, 0) is 9.59 Å². The predicted octanol–water partition coefficient (Wildman–Crippen LogP) is 0.625. The van der Waals surface area contributed by atoms with Gasteiger partial charge in [0.2, 0.25) is 5.91 Å². The summed E-state index contributed by atoms with van der Waals surface area (Å²) in [5, 5.41) is 7.97. The van der Waals surface area contributed by atoms with Gasteiger partial charge in [-0.1, -0.05) is 25.0 Å². The molecule has 0 spiro atoms. The fourth-order valence-corrected chi connectivity index (χ4v) is 4.35. The Bertz CT molecular complexity index is 661. The summed E-state index contributed by atoms with van der Waals surface area (Å²) >= 11 is 1.59. The number of hydrazine groups is 2. The van der Waals surface area contributed by atoms with Crippen molar-refractivity contribution in [2.75, 3.05) is 0 Å². The normalized spacial score (nSPS) is 33.7. The number of fused-ring (bicyclic) bond motifs is 2. The Morgan fingerprint density at radius 3 is 2.88 bits per heavy atom. The van der Waals surface area contributed by atoms with Gasteiger partial charge in [0.25, 0.3) is 5.91 Å². The number of nitrogens with one attached hydrogen (secondary N) is 2. The molecule has 2 saturated heterocycles. The van der Waals surface area contributed by atoms with Crippen LogP contribution in [0.4, 0.5) is 0 Å². The van der Waals surface area contributed by atoms with E-state index in [9.17, 15) is 9.59 Å². The SMILES string of the molecule is NN1C(=O)C(/C=C/c2cccs2)NN2C(=O)C3CCCCC3NC12. The Kier molecular flexibility index (Phi) is 4.13. The maximum atomic E-state index is 12.8. The van der Waals surface area contributed by atoms with Crippen molar-refractivity contribution in [3.05, 3.63) is 28.5 Å². The van der Waals surface area contributed by atoms with Crippen molar-refractivity contribution < 1.29 is 9.59 Å². The lowest BCUT2D eigenvalue weighted by molar-refractivity contribution is -0.179. The van der Waals surface area contributed by atoms with E-state index in [1.54, 1.807) is 17.4 Å². The van der Waals surface area contributed by atoms with Gasteiger partial charge in [0.1, 0.15) is 6.04 Å². The molecule has 4 atom stereocenters. The van der Waals surface area contributed by atoms with Crippen LogP contribution in [0.25, 0.3) is 6.08 Å². The van der Waals surface area contributed by atoms with Gasteiger partial charge in [-0.25, -0.2) is 21.3 Å². The van der Waals surface area contributed by atoms with Crippen LogP contribution < -0.4 is 16.6 Å². The van der Waals surface area contributed by atoms with E-state index in [0.29, 0.717) is 0 Å². The van der Waals surface area contributed by atoms with E-state index in [2.05, 4.69) is 10.7 Å². The maximum Gasteiger partial charge on any atom is 0.262 e. The largest absolute Gasteiger partial charge is 0.274 e. The molecule has 128 valence electrons. The predicted molar refractivity (Wildman–Crippen MR) is 90.8 cm³/mol. The van der Waals surface area contributed by atoms with Crippen LogP contribution in [0.5, 0.6) is 0 Å². The lowest BCUT2D eigenvalue weighted by Crippen LogP contribution is -2.79. The zero-order valence-corrected chi connectivity index (χ0v) is 14.0. The number of amides is 2. The molecule has 2 aliphatic heterocycles. The van der Waals surface area contributed by atoms with Gasteiger partial charge < -0.3 is 0 Å². The standard InChI is InChI=1S/C16H21N5O2S/c17-20-15(23)13(8-7-10-4-3-9-24-10)19-21-14(22)11-5-1-2-6-12(11)18-16(20)21/h3-4,7-9,11-13,16,18-19H,1-2,5-6,17H2/b8-7+. The number of nitrogens with two attached hydrogens (primary N) is 1. The molecule has 4 rings (SSSR count). The molecule has 24 heavy (non-hydrogen) atoms. The fraction of sp³-hybridized carbons (Fsp3) is 0.500. The number of hydrogen-bond donors (Lipinski definition) is 3. The van der Waals surface area contributed by atoms with E-state index in [1.807, 2.05) is 23.6 Å². The highest BCUT2D eigenvalue weighted by atomic mass is 32.1. The highest BCUT2D eigenvalue weighted by Crippen LogP contribution is 2.31. The van der Waals surface area contributed by atoms with Gasteiger partial charge in [-0.3, -0.25) is 14.9 Å². The van der Waals surface area contributed by atoms with Gasteiger partial charge in [0.15, 0.2) is 6.29 Å².